The van der Waals surface area contributed by atoms with Crippen molar-refractivity contribution in [1.82, 2.24) is 19.6 Å². The molecule has 0 amide bonds. The molecule has 0 saturated carbocycles. The molecule has 5 heteroatoms. The van der Waals surface area contributed by atoms with Crippen molar-refractivity contribution in [3.05, 3.63) is 54.0 Å². The van der Waals surface area contributed by atoms with E-state index < -0.39 is 0 Å². The normalized spacial score (nSPS) is 10.8. The number of hydrogen-bond acceptors (Lipinski definition) is 3. The number of aldehydes is 1. The standard InChI is InChI=1S/C16H16N4O/c1-3-19-10-15(12(2)17-19)16-13(11-21)9-20(18-16)14-7-5-4-6-8-14/h4-11H,3H2,1-2H3. The predicted octanol–water partition coefficient (Wildman–Crippen LogP) is 2.88. The minimum absolute atomic E-state index is 0.567. The second kappa shape index (κ2) is 5.36. The highest BCUT2D eigenvalue weighted by Gasteiger charge is 2.16. The summed E-state index contributed by atoms with van der Waals surface area (Å²) in [6.07, 6.45) is 4.52. The van der Waals surface area contributed by atoms with Crippen LogP contribution in [0.3, 0.4) is 0 Å². The average molecular weight is 280 g/mol. The van der Waals surface area contributed by atoms with E-state index in [1.54, 1.807) is 10.9 Å². The maximum Gasteiger partial charge on any atom is 0.153 e. The molecule has 3 rings (SSSR count). The van der Waals surface area contributed by atoms with E-state index in [4.69, 9.17) is 0 Å². The number of carbonyl (C=O) groups excluding carboxylic acids is 1. The van der Waals surface area contributed by atoms with Gasteiger partial charge < -0.3 is 0 Å². The van der Waals surface area contributed by atoms with Crippen molar-refractivity contribution in [3.8, 4) is 16.9 Å². The first-order chi connectivity index (χ1) is 10.2. The third kappa shape index (κ3) is 2.38. The van der Waals surface area contributed by atoms with E-state index in [9.17, 15) is 4.79 Å². The number of nitrogens with zero attached hydrogens (tertiary/aromatic N) is 4. The highest BCUT2D eigenvalue weighted by Crippen LogP contribution is 2.25. The largest absolute Gasteiger partial charge is 0.298 e. The van der Waals surface area contributed by atoms with Crippen LogP contribution >= 0.6 is 0 Å². The quantitative estimate of drug-likeness (QED) is 0.690. The number of aromatic nitrogens is 4. The SMILES string of the molecule is CCn1cc(-c2nn(-c3ccccc3)cc2C=O)c(C)n1. The molecular weight excluding hydrogens is 264 g/mol. The molecule has 21 heavy (non-hydrogen) atoms. The Bertz CT molecular complexity index is 771. The summed E-state index contributed by atoms with van der Waals surface area (Å²) in [5, 5.41) is 8.98. The summed E-state index contributed by atoms with van der Waals surface area (Å²) in [6, 6.07) is 9.74. The molecule has 0 saturated heterocycles. The molecule has 0 atom stereocenters. The maximum atomic E-state index is 11.4. The maximum absolute atomic E-state index is 11.4. The zero-order valence-electron chi connectivity index (χ0n) is 12.0. The van der Waals surface area contributed by atoms with E-state index in [2.05, 4.69) is 10.2 Å². The lowest BCUT2D eigenvalue weighted by molar-refractivity contribution is 0.112. The third-order valence-corrected chi connectivity index (χ3v) is 3.42. The van der Waals surface area contributed by atoms with E-state index in [1.165, 1.54) is 0 Å². The Morgan fingerprint density at radius 3 is 2.52 bits per heavy atom. The zero-order chi connectivity index (χ0) is 14.8. The molecule has 0 aliphatic heterocycles. The molecule has 0 radical (unpaired) electrons. The number of benzene rings is 1. The Hall–Kier alpha value is -2.69. The van der Waals surface area contributed by atoms with Crippen LogP contribution in [0.5, 0.6) is 0 Å². The van der Waals surface area contributed by atoms with Crippen molar-refractivity contribution < 1.29 is 4.79 Å². The predicted molar refractivity (Wildman–Crippen MR) is 80.6 cm³/mol. The molecule has 2 heterocycles. The average Bonchev–Trinajstić information content (AvgIpc) is 3.11. The smallest absolute Gasteiger partial charge is 0.153 e. The number of para-hydroxylation sites is 1. The van der Waals surface area contributed by atoms with Crippen molar-refractivity contribution in [1.29, 1.82) is 0 Å². The minimum atomic E-state index is 0.567. The van der Waals surface area contributed by atoms with Crippen LogP contribution in [0.25, 0.3) is 16.9 Å². The molecule has 0 aliphatic rings. The summed E-state index contributed by atoms with van der Waals surface area (Å²) in [5.74, 6) is 0. The zero-order valence-corrected chi connectivity index (χ0v) is 12.0. The van der Waals surface area contributed by atoms with Crippen LogP contribution < -0.4 is 0 Å². The van der Waals surface area contributed by atoms with Crippen molar-refractivity contribution in [2.75, 3.05) is 0 Å². The lowest BCUT2D eigenvalue weighted by Crippen LogP contribution is -1.94. The highest BCUT2D eigenvalue weighted by atomic mass is 16.1. The summed E-state index contributed by atoms with van der Waals surface area (Å²) >= 11 is 0. The van der Waals surface area contributed by atoms with Crippen molar-refractivity contribution >= 4 is 6.29 Å². The molecule has 2 aromatic heterocycles. The Morgan fingerprint density at radius 2 is 1.90 bits per heavy atom. The van der Waals surface area contributed by atoms with Crippen LogP contribution in [0.4, 0.5) is 0 Å². The fraction of sp³-hybridized carbons (Fsp3) is 0.188. The topological polar surface area (TPSA) is 52.7 Å². The first-order valence-electron chi connectivity index (χ1n) is 6.87. The molecule has 0 bridgehead atoms. The van der Waals surface area contributed by atoms with Crippen molar-refractivity contribution in [2.45, 2.75) is 20.4 Å². The second-order valence-corrected chi connectivity index (χ2v) is 4.81. The van der Waals surface area contributed by atoms with Crippen molar-refractivity contribution in [2.24, 2.45) is 0 Å². The number of hydrogen-bond donors (Lipinski definition) is 0. The van der Waals surface area contributed by atoms with E-state index in [0.29, 0.717) is 11.3 Å². The van der Waals surface area contributed by atoms with E-state index >= 15 is 0 Å². The lowest BCUT2D eigenvalue weighted by atomic mass is 10.1. The minimum Gasteiger partial charge on any atom is -0.298 e. The molecule has 3 aromatic rings. The molecule has 0 fully saturated rings. The third-order valence-electron chi connectivity index (χ3n) is 3.42. The van der Waals surface area contributed by atoms with Gasteiger partial charge in [-0.1, -0.05) is 18.2 Å². The van der Waals surface area contributed by atoms with Crippen LogP contribution in [0.15, 0.2) is 42.7 Å². The summed E-state index contributed by atoms with van der Waals surface area (Å²) in [5.41, 5.74) is 3.93. The van der Waals surface area contributed by atoms with Gasteiger partial charge in [0.2, 0.25) is 0 Å². The monoisotopic (exact) mass is 280 g/mol. The summed E-state index contributed by atoms with van der Waals surface area (Å²) in [6.45, 7) is 4.74. The van der Waals surface area contributed by atoms with Crippen molar-refractivity contribution in [3.63, 3.8) is 0 Å². The Balaban J connectivity index is 2.12. The van der Waals surface area contributed by atoms with Crippen LogP contribution in [0.2, 0.25) is 0 Å². The summed E-state index contributed by atoms with van der Waals surface area (Å²) in [7, 11) is 0. The molecule has 0 aliphatic carbocycles. The fourth-order valence-corrected chi connectivity index (χ4v) is 2.31. The Morgan fingerprint density at radius 1 is 1.14 bits per heavy atom. The van der Waals surface area contributed by atoms with Gasteiger partial charge in [0.15, 0.2) is 6.29 Å². The Kier molecular flexibility index (Phi) is 3.39. The van der Waals surface area contributed by atoms with Crippen LogP contribution in [-0.4, -0.2) is 25.8 Å². The Labute approximate surface area is 122 Å². The van der Waals surface area contributed by atoms with E-state index in [1.807, 2.05) is 55.1 Å². The van der Waals surface area contributed by atoms with Gasteiger partial charge in [-0.2, -0.15) is 10.2 Å². The molecule has 0 unspecified atom stereocenters. The van der Waals surface area contributed by atoms with Gasteiger partial charge in [-0.25, -0.2) is 4.68 Å². The van der Waals surface area contributed by atoms with Gasteiger partial charge in [-0.3, -0.25) is 9.48 Å². The summed E-state index contributed by atoms with van der Waals surface area (Å²) < 4.78 is 3.57. The number of rotatable bonds is 4. The molecule has 0 N–H and O–H groups in total. The van der Waals surface area contributed by atoms with E-state index in [0.717, 1.165) is 29.8 Å². The molecule has 106 valence electrons. The lowest BCUT2D eigenvalue weighted by Gasteiger charge is -1.99. The van der Waals surface area contributed by atoms with Gasteiger partial charge >= 0.3 is 0 Å². The fourth-order valence-electron chi connectivity index (χ4n) is 2.31. The van der Waals surface area contributed by atoms with Gasteiger partial charge in [-0.05, 0) is 26.0 Å². The van der Waals surface area contributed by atoms with E-state index in [-0.39, 0.29) is 0 Å². The second-order valence-electron chi connectivity index (χ2n) is 4.81. The highest BCUT2D eigenvalue weighted by molar-refractivity contribution is 5.86. The molecule has 1 aromatic carbocycles. The van der Waals surface area contributed by atoms with Gasteiger partial charge in [-0.15, -0.1) is 0 Å². The first-order valence-corrected chi connectivity index (χ1v) is 6.87. The molecular formula is C16H16N4O. The van der Waals surface area contributed by atoms with Gasteiger partial charge in [0.05, 0.1) is 16.9 Å². The molecule has 0 spiro atoms. The van der Waals surface area contributed by atoms with Crippen LogP contribution in [0, 0.1) is 6.92 Å². The number of carbonyl (C=O) groups is 1. The van der Waals surface area contributed by atoms with Gasteiger partial charge in [0.1, 0.15) is 5.69 Å². The first kappa shape index (κ1) is 13.3. The summed E-state index contributed by atoms with van der Waals surface area (Å²) in [4.78, 5) is 11.4. The molecule has 5 nitrogen and oxygen atoms in total. The van der Waals surface area contributed by atoms with Crippen LogP contribution in [0.1, 0.15) is 23.0 Å². The van der Waals surface area contributed by atoms with Gasteiger partial charge in [0, 0.05) is 24.5 Å². The van der Waals surface area contributed by atoms with Crippen LogP contribution in [-0.2, 0) is 6.54 Å². The van der Waals surface area contributed by atoms with Gasteiger partial charge in [0.25, 0.3) is 0 Å². The number of aryl methyl sites for hydroxylation is 2.